The Bertz CT molecular complexity index is 479. The molecule has 20 heavy (non-hydrogen) atoms. The molecule has 0 bridgehead atoms. The van der Waals surface area contributed by atoms with Gasteiger partial charge in [0.15, 0.2) is 0 Å². The van der Waals surface area contributed by atoms with E-state index in [1.165, 1.54) is 11.3 Å². The summed E-state index contributed by atoms with van der Waals surface area (Å²) in [5, 5.41) is 11.2. The normalized spacial score (nSPS) is 10.2. The highest BCUT2D eigenvalue weighted by molar-refractivity contribution is 7.14. The van der Waals surface area contributed by atoms with E-state index in [0.717, 1.165) is 4.88 Å². The molecule has 0 aliphatic carbocycles. The fraction of sp³-hybridized carbons (Fsp3) is 0.462. The van der Waals surface area contributed by atoms with Crippen molar-refractivity contribution < 1.29 is 23.4 Å². The molecule has 0 saturated carbocycles. The number of nitrogens with one attached hydrogen (secondary N) is 1. The third-order valence-electron chi connectivity index (χ3n) is 2.05. The second kappa shape index (κ2) is 9.42. The molecule has 0 aliphatic heterocycles. The predicted octanol–water partition coefficient (Wildman–Crippen LogP) is 1.49. The van der Waals surface area contributed by atoms with E-state index in [0.29, 0.717) is 11.3 Å². The first-order valence-electron chi connectivity index (χ1n) is 5.97. The summed E-state index contributed by atoms with van der Waals surface area (Å²) < 4.78 is 28.2. The second-order valence-electron chi connectivity index (χ2n) is 3.66. The first kappa shape index (κ1) is 16.6. The zero-order chi connectivity index (χ0) is 14.8. The lowest BCUT2D eigenvalue weighted by Gasteiger charge is -2.04. The summed E-state index contributed by atoms with van der Waals surface area (Å²) in [6, 6.07) is 3.36. The number of hydrogen-bond donors (Lipinski definition) is 2. The first-order chi connectivity index (χ1) is 9.63. The molecular weight excluding hydrogens is 288 g/mol. The minimum atomic E-state index is -2.50. The van der Waals surface area contributed by atoms with Crippen LogP contribution < -0.4 is 5.32 Å². The van der Waals surface area contributed by atoms with Crippen molar-refractivity contribution in [1.82, 2.24) is 5.32 Å². The standard InChI is InChI=1S/C13H15F2NO3S/c14-12(15)9-19-8-6-16-13(18)11-5-4-10(20-11)3-1-2-7-17/h4-5,12,17H,2,6-9H2,(H,16,18). The monoisotopic (exact) mass is 303 g/mol. The number of hydrogen-bond acceptors (Lipinski definition) is 4. The molecule has 110 valence electrons. The van der Waals surface area contributed by atoms with Crippen molar-refractivity contribution in [2.24, 2.45) is 0 Å². The van der Waals surface area contributed by atoms with Crippen LogP contribution in [0.2, 0.25) is 0 Å². The van der Waals surface area contributed by atoms with Gasteiger partial charge in [-0.25, -0.2) is 8.78 Å². The maximum Gasteiger partial charge on any atom is 0.261 e. The predicted molar refractivity (Wildman–Crippen MR) is 72.1 cm³/mol. The molecule has 4 nitrogen and oxygen atoms in total. The summed E-state index contributed by atoms with van der Waals surface area (Å²) in [4.78, 5) is 12.9. The van der Waals surface area contributed by atoms with Crippen molar-refractivity contribution in [2.45, 2.75) is 12.8 Å². The van der Waals surface area contributed by atoms with Gasteiger partial charge in [0, 0.05) is 13.0 Å². The Labute approximate surface area is 119 Å². The Morgan fingerprint density at radius 3 is 3.00 bits per heavy atom. The van der Waals surface area contributed by atoms with E-state index in [9.17, 15) is 13.6 Å². The van der Waals surface area contributed by atoms with Crippen LogP contribution in [-0.2, 0) is 4.74 Å². The van der Waals surface area contributed by atoms with Gasteiger partial charge in [-0.2, -0.15) is 0 Å². The topological polar surface area (TPSA) is 58.6 Å². The molecule has 0 aromatic carbocycles. The van der Waals surface area contributed by atoms with Gasteiger partial charge in [-0.15, -0.1) is 11.3 Å². The lowest BCUT2D eigenvalue weighted by molar-refractivity contribution is 0.0188. The van der Waals surface area contributed by atoms with E-state index >= 15 is 0 Å². The van der Waals surface area contributed by atoms with Gasteiger partial charge < -0.3 is 15.2 Å². The van der Waals surface area contributed by atoms with Gasteiger partial charge in [0.05, 0.1) is 23.0 Å². The average molecular weight is 303 g/mol. The minimum absolute atomic E-state index is 0.00430. The Hall–Kier alpha value is -1.49. The number of aliphatic hydroxyl groups excluding tert-OH is 1. The Kier molecular flexibility index (Phi) is 7.80. The number of thiophene rings is 1. The van der Waals surface area contributed by atoms with Crippen molar-refractivity contribution in [2.75, 3.05) is 26.4 Å². The Balaban J connectivity index is 2.32. The van der Waals surface area contributed by atoms with Crippen molar-refractivity contribution in [3.8, 4) is 11.8 Å². The van der Waals surface area contributed by atoms with E-state index < -0.39 is 13.0 Å². The number of aliphatic hydroxyl groups is 1. The van der Waals surface area contributed by atoms with Crippen LogP contribution in [-0.4, -0.2) is 43.8 Å². The highest BCUT2D eigenvalue weighted by atomic mass is 32.1. The Morgan fingerprint density at radius 1 is 1.50 bits per heavy atom. The fourth-order valence-electron chi connectivity index (χ4n) is 1.23. The SMILES string of the molecule is O=C(NCCOCC(F)F)c1ccc(C#CCCO)s1. The molecule has 0 atom stereocenters. The highest BCUT2D eigenvalue weighted by Gasteiger charge is 2.08. The molecular formula is C13H15F2NO3S. The third kappa shape index (κ3) is 6.61. The summed E-state index contributed by atoms with van der Waals surface area (Å²) in [7, 11) is 0. The van der Waals surface area contributed by atoms with Gasteiger partial charge in [-0.1, -0.05) is 11.8 Å². The molecule has 1 heterocycles. The minimum Gasteiger partial charge on any atom is -0.395 e. The van der Waals surface area contributed by atoms with Gasteiger partial charge in [-0.3, -0.25) is 4.79 Å². The molecule has 1 aromatic rings. The molecule has 0 fully saturated rings. The molecule has 0 spiro atoms. The van der Waals surface area contributed by atoms with E-state index in [1.807, 2.05) is 0 Å². The van der Waals surface area contributed by atoms with Crippen LogP contribution in [0.25, 0.3) is 0 Å². The second-order valence-corrected chi connectivity index (χ2v) is 4.74. The first-order valence-corrected chi connectivity index (χ1v) is 6.78. The lowest BCUT2D eigenvalue weighted by atomic mass is 10.4. The van der Waals surface area contributed by atoms with Crippen LogP contribution in [0.3, 0.4) is 0 Å². The number of carbonyl (C=O) groups excluding carboxylic acids is 1. The summed E-state index contributed by atoms with van der Waals surface area (Å²) in [6.07, 6.45) is -2.11. The molecule has 0 radical (unpaired) electrons. The van der Waals surface area contributed by atoms with Crippen molar-refractivity contribution >= 4 is 17.2 Å². The largest absolute Gasteiger partial charge is 0.395 e. The maximum atomic E-state index is 11.8. The zero-order valence-corrected chi connectivity index (χ0v) is 11.5. The number of rotatable bonds is 7. The fourth-order valence-corrected chi connectivity index (χ4v) is 2.03. The van der Waals surface area contributed by atoms with Crippen molar-refractivity contribution in [3.63, 3.8) is 0 Å². The summed E-state index contributed by atoms with van der Waals surface area (Å²) >= 11 is 1.23. The summed E-state index contributed by atoms with van der Waals surface area (Å²) in [5.41, 5.74) is 0. The summed E-state index contributed by atoms with van der Waals surface area (Å²) in [6.45, 7) is -0.399. The van der Waals surface area contributed by atoms with E-state index in [-0.39, 0.29) is 25.7 Å². The molecule has 1 rings (SSSR count). The van der Waals surface area contributed by atoms with Crippen LogP contribution >= 0.6 is 11.3 Å². The molecule has 1 aromatic heterocycles. The third-order valence-corrected chi connectivity index (χ3v) is 3.05. The quantitative estimate of drug-likeness (QED) is 0.593. The van der Waals surface area contributed by atoms with Gasteiger partial charge in [0.1, 0.15) is 6.61 Å². The van der Waals surface area contributed by atoms with Gasteiger partial charge in [0.25, 0.3) is 12.3 Å². The van der Waals surface area contributed by atoms with Gasteiger partial charge >= 0.3 is 0 Å². The molecule has 0 aliphatic rings. The van der Waals surface area contributed by atoms with Gasteiger partial charge in [0.2, 0.25) is 0 Å². The van der Waals surface area contributed by atoms with Gasteiger partial charge in [-0.05, 0) is 12.1 Å². The number of ether oxygens (including phenoxy) is 1. The molecule has 7 heteroatoms. The van der Waals surface area contributed by atoms with Crippen LogP contribution in [0.15, 0.2) is 12.1 Å². The van der Waals surface area contributed by atoms with E-state index in [4.69, 9.17) is 5.11 Å². The number of amides is 1. The Morgan fingerprint density at radius 2 is 2.30 bits per heavy atom. The van der Waals surface area contributed by atoms with E-state index in [1.54, 1.807) is 12.1 Å². The zero-order valence-electron chi connectivity index (χ0n) is 10.7. The molecule has 0 unspecified atom stereocenters. The molecule has 1 amide bonds. The summed E-state index contributed by atoms with van der Waals surface area (Å²) in [5.74, 6) is 5.31. The van der Waals surface area contributed by atoms with Crippen LogP contribution in [0.1, 0.15) is 21.0 Å². The van der Waals surface area contributed by atoms with Crippen molar-refractivity contribution in [1.29, 1.82) is 0 Å². The van der Waals surface area contributed by atoms with Crippen LogP contribution in [0, 0.1) is 11.8 Å². The molecule has 2 N–H and O–H groups in total. The lowest BCUT2D eigenvalue weighted by Crippen LogP contribution is -2.27. The van der Waals surface area contributed by atoms with E-state index in [2.05, 4.69) is 21.9 Å². The highest BCUT2D eigenvalue weighted by Crippen LogP contribution is 2.15. The number of alkyl halides is 2. The smallest absolute Gasteiger partial charge is 0.261 e. The van der Waals surface area contributed by atoms with Crippen molar-refractivity contribution in [3.05, 3.63) is 21.9 Å². The van der Waals surface area contributed by atoms with Crippen LogP contribution in [0.5, 0.6) is 0 Å². The molecule has 0 saturated heterocycles. The number of halogens is 2. The maximum absolute atomic E-state index is 11.8. The average Bonchev–Trinajstić information content (AvgIpc) is 2.87. The number of carbonyl (C=O) groups is 1. The van der Waals surface area contributed by atoms with Crippen LogP contribution in [0.4, 0.5) is 8.78 Å².